The summed E-state index contributed by atoms with van der Waals surface area (Å²) in [6.07, 6.45) is 8.48. The number of alkyl halides is 2. The molecule has 2 aliphatic carbocycles. The molecule has 0 aliphatic heterocycles. The molecular weight excluding hydrogens is 314 g/mol. The molecule has 0 saturated heterocycles. The molecule has 2 aliphatic rings. The molecule has 1 aromatic rings. The molecule has 2 saturated carbocycles. The fourth-order valence-corrected chi connectivity index (χ4v) is 5.03. The van der Waals surface area contributed by atoms with Crippen LogP contribution in [0.5, 0.6) is 0 Å². The van der Waals surface area contributed by atoms with Crippen molar-refractivity contribution in [2.45, 2.75) is 77.6 Å². The van der Waals surface area contributed by atoms with E-state index in [1.54, 1.807) is 0 Å². The van der Waals surface area contributed by atoms with E-state index in [9.17, 15) is 8.78 Å². The summed E-state index contributed by atoms with van der Waals surface area (Å²) in [7, 11) is 0. The summed E-state index contributed by atoms with van der Waals surface area (Å²) in [6.45, 7) is 8.36. The zero-order valence-corrected chi connectivity index (χ0v) is 15.8. The Balaban J connectivity index is 1.66. The third kappa shape index (κ3) is 4.51. The van der Waals surface area contributed by atoms with E-state index in [2.05, 4.69) is 38.6 Å². The first-order valence-corrected chi connectivity index (χ1v) is 10.0. The van der Waals surface area contributed by atoms with Crippen molar-refractivity contribution in [3.8, 4) is 0 Å². The van der Waals surface area contributed by atoms with E-state index < -0.39 is 5.92 Å². The monoisotopic (exact) mass is 346 g/mol. The van der Waals surface area contributed by atoms with Gasteiger partial charge in [-0.15, -0.1) is 0 Å². The summed E-state index contributed by atoms with van der Waals surface area (Å²) in [4.78, 5) is 0. The Bertz CT molecular complexity index is 609. The van der Waals surface area contributed by atoms with Gasteiger partial charge in [-0.1, -0.05) is 56.5 Å². The van der Waals surface area contributed by atoms with Crippen LogP contribution in [-0.2, 0) is 12.8 Å². The van der Waals surface area contributed by atoms with Gasteiger partial charge in [0.2, 0.25) is 5.92 Å². The van der Waals surface area contributed by atoms with Gasteiger partial charge in [0.1, 0.15) is 0 Å². The minimum atomic E-state index is -2.37. The first-order chi connectivity index (χ1) is 11.9. The number of aryl methyl sites for hydroxylation is 1. The fourth-order valence-electron chi connectivity index (χ4n) is 5.03. The molecule has 25 heavy (non-hydrogen) atoms. The third-order valence-corrected chi connectivity index (χ3v) is 6.39. The summed E-state index contributed by atoms with van der Waals surface area (Å²) in [6, 6.07) is 6.83. The summed E-state index contributed by atoms with van der Waals surface area (Å²) in [5, 5.41) is 0. The summed E-state index contributed by atoms with van der Waals surface area (Å²) >= 11 is 0. The van der Waals surface area contributed by atoms with Crippen LogP contribution in [0.15, 0.2) is 24.8 Å². The standard InChI is InChI=1S/C23H32F2/c1-4-19-11-17(9-10-22(19)16(2)3)12-20-7-5-6-8-21(20)13-18-14-23(24,25)15-18/h9-11,18,20-21H,2,4-8,12-15H2,1,3H3. The Morgan fingerprint density at radius 2 is 1.84 bits per heavy atom. The first-order valence-electron chi connectivity index (χ1n) is 10.0. The Kier molecular flexibility index (Phi) is 5.65. The molecule has 3 rings (SSSR count). The zero-order chi connectivity index (χ0) is 18.0. The number of benzene rings is 1. The van der Waals surface area contributed by atoms with Crippen molar-refractivity contribution in [1.82, 2.24) is 0 Å². The Hall–Kier alpha value is -1.18. The van der Waals surface area contributed by atoms with Crippen LogP contribution in [0.3, 0.4) is 0 Å². The second-order valence-corrected chi connectivity index (χ2v) is 8.50. The van der Waals surface area contributed by atoms with Crippen molar-refractivity contribution in [2.75, 3.05) is 0 Å². The van der Waals surface area contributed by atoms with Crippen LogP contribution < -0.4 is 0 Å². The van der Waals surface area contributed by atoms with E-state index in [1.807, 2.05) is 0 Å². The minimum Gasteiger partial charge on any atom is -0.207 e. The molecule has 1 aromatic carbocycles. The number of allylic oxidation sites excluding steroid dienone is 1. The lowest BCUT2D eigenvalue weighted by Gasteiger charge is -2.40. The van der Waals surface area contributed by atoms with Crippen molar-refractivity contribution < 1.29 is 8.78 Å². The lowest BCUT2D eigenvalue weighted by molar-refractivity contribution is -0.117. The van der Waals surface area contributed by atoms with Crippen molar-refractivity contribution in [1.29, 1.82) is 0 Å². The molecule has 2 fully saturated rings. The number of hydrogen-bond donors (Lipinski definition) is 0. The van der Waals surface area contributed by atoms with Crippen LogP contribution in [0.2, 0.25) is 0 Å². The fraction of sp³-hybridized carbons (Fsp3) is 0.652. The third-order valence-electron chi connectivity index (χ3n) is 6.39. The SMILES string of the molecule is C=C(C)c1ccc(CC2CCCCC2CC2CC(F)(F)C2)cc1CC. The minimum absolute atomic E-state index is 0.128. The van der Waals surface area contributed by atoms with Crippen molar-refractivity contribution in [3.05, 3.63) is 41.5 Å². The van der Waals surface area contributed by atoms with Gasteiger partial charge in [-0.2, -0.15) is 0 Å². The molecular formula is C23H32F2. The van der Waals surface area contributed by atoms with Crippen LogP contribution in [0.1, 0.15) is 75.5 Å². The Labute approximate surface area is 151 Å². The molecule has 2 heteroatoms. The smallest absolute Gasteiger partial charge is 0.207 e. The Morgan fingerprint density at radius 1 is 1.16 bits per heavy atom. The summed E-state index contributed by atoms with van der Waals surface area (Å²) in [5.74, 6) is -0.801. The molecule has 0 N–H and O–H groups in total. The van der Waals surface area contributed by atoms with Crippen LogP contribution >= 0.6 is 0 Å². The van der Waals surface area contributed by atoms with Crippen LogP contribution in [0.4, 0.5) is 8.78 Å². The number of rotatable bonds is 6. The largest absolute Gasteiger partial charge is 0.248 e. The predicted octanol–water partition coefficient (Wildman–Crippen LogP) is 7.07. The van der Waals surface area contributed by atoms with Crippen LogP contribution in [0.25, 0.3) is 5.57 Å². The first kappa shape index (κ1) is 18.6. The molecule has 2 unspecified atom stereocenters. The van der Waals surface area contributed by atoms with E-state index in [0.29, 0.717) is 11.8 Å². The van der Waals surface area contributed by atoms with Gasteiger partial charge in [-0.25, -0.2) is 8.78 Å². The van der Waals surface area contributed by atoms with E-state index >= 15 is 0 Å². The summed E-state index contributed by atoms with van der Waals surface area (Å²) in [5.41, 5.74) is 5.21. The average Bonchev–Trinajstić information content (AvgIpc) is 2.54. The maximum atomic E-state index is 13.2. The highest BCUT2D eigenvalue weighted by Crippen LogP contribution is 2.48. The van der Waals surface area contributed by atoms with Crippen LogP contribution in [0, 0.1) is 17.8 Å². The van der Waals surface area contributed by atoms with Gasteiger partial charge in [-0.3, -0.25) is 0 Å². The molecule has 0 aromatic heterocycles. The van der Waals surface area contributed by atoms with Gasteiger partial charge in [0, 0.05) is 12.8 Å². The highest BCUT2D eigenvalue weighted by molar-refractivity contribution is 5.65. The topological polar surface area (TPSA) is 0 Å². The average molecular weight is 347 g/mol. The van der Waals surface area contributed by atoms with Gasteiger partial charge in [0.15, 0.2) is 0 Å². The lowest BCUT2D eigenvalue weighted by Crippen LogP contribution is -2.38. The van der Waals surface area contributed by atoms with E-state index in [0.717, 1.165) is 24.8 Å². The lowest BCUT2D eigenvalue weighted by atomic mass is 9.68. The van der Waals surface area contributed by atoms with Gasteiger partial charge < -0.3 is 0 Å². The van der Waals surface area contributed by atoms with Gasteiger partial charge >= 0.3 is 0 Å². The van der Waals surface area contributed by atoms with Crippen LogP contribution in [-0.4, -0.2) is 5.92 Å². The highest BCUT2D eigenvalue weighted by Gasteiger charge is 2.46. The van der Waals surface area contributed by atoms with Crippen molar-refractivity contribution in [3.63, 3.8) is 0 Å². The molecule has 138 valence electrons. The summed E-state index contributed by atoms with van der Waals surface area (Å²) < 4.78 is 26.3. The maximum absolute atomic E-state index is 13.2. The molecule has 2 atom stereocenters. The molecule has 0 bridgehead atoms. The van der Waals surface area contributed by atoms with Crippen molar-refractivity contribution >= 4 is 5.57 Å². The highest BCUT2D eigenvalue weighted by atomic mass is 19.3. The van der Waals surface area contributed by atoms with Gasteiger partial charge in [0.05, 0.1) is 0 Å². The molecule has 0 radical (unpaired) electrons. The quantitative estimate of drug-likeness (QED) is 0.517. The maximum Gasteiger partial charge on any atom is 0.248 e. The van der Waals surface area contributed by atoms with Gasteiger partial charge in [0.25, 0.3) is 0 Å². The molecule has 0 nitrogen and oxygen atoms in total. The van der Waals surface area contributed by atoms with Crippen molar-refractivity contribution in [2.24, 2.45) is 17.8 Å². The van der Waals surface area contributed by atoms with E-state index in [-0.39, 0.29) is 18.8 Å². The van der Waals surface area contributed by atoms with E-state index in [4.69, 9.17) is 0 Å². The molecule has 0 amide bonds. The van der Waals surface area contributed by atoms with Gasteiger partial charge in [-0.05, 0) is 67.1 Å². The Morgan fingerprint density at radius 3 is 2.44 bits per heavy atom. The molecule has 0 spiro atoms. The second-order valence-electron chi connectivity index (χ2n) is 8.50. The predicted molar refractivity (Wildman–Crippen MR) is 102 cm³/mol. The molecule has 0 heterocycles. The number of hydrogen-bond acceptors (Lipinski definition) is 0. The number of halogens is 2. The normalized spacial score (nSPS) is 26.2. The second kappa shape index (κ2) is 7.60. The van der Waals surface area contributed by atoms with E-state index in [1.165, 1.54) is 42.4 Å². The zero-order valence-electron chi connectivity index (χ0n) is 15.8.